The molecule has 0 saturated heterocycles. The minimum atomic E-state index is -0.202. The number of hydrogen-bond acceptors (Lipinski definition) is 3. The van der Waals surface area contributed by atoms with Gasteiger partial charge in [-0.05, 0) is 18.3 Å². The summed E-state index contributed by atoms with van der Waals surface area (Å²) < 4.78 is 4.57. The summed E-state index contributed by atoms with van der Waals surface area (Å²) in [5.74, 6) is 0.721. The molecule has 0 unspecified atom stereocenters. The monoisotopic (exact) mass is 184 g/mol. The molecule has 13 heavy (non-hydrogen) atoms. The molecule has 0 aliphatic heterocycles. The van der Waals surface area contributed by atoms with Crippen molar-refractivity contribution in [2.75, 3.05) is 7.11 Å². The highest BCUT2D eigenvalue weighted by atomic mass is 16.5. The van der Waals surface area contributed by atoms with E-state index < -0.39 is 0 Å². The number of esters is 1. The van der Waals surface area contributed by atoms with Crippen molar-refractivity contribution in [1.29, 1.82) is 0 Å². The second-order valence-corrected chi connectivity index (χ2v) is 3.93. The van der Waals surface area contributed by atoms with E-state index in [0.29, 0.717) is 25.2 Å². The summed E-state index contributed by atoms with van der Waals surface area (Å²) in [7, 11) is 1.39. The maximum Gasteiger partial charge on any atom is 0.305 e. The first-order valence-corrected chi connectivity index (χ1v) is 4.70. The van der Waals surface area contributed by atoms with Crippen molar-refractivity contribution in [3.05, 3.63) is 0 Å². The van der Waals surface area contributed by atoms with Crippen LogP contribution >= 0.6 is 0 Å². The van der Waals surface area contributed by atoms with Crippen LogP contribution in [0.1, 0.15) is 32.6 Å². The third-order valence-electron chi connectivity index (χ3n) is 2.51. The lowest BCUT2D eigenvalue weighted by molar-refractivity contribution is -0.142. The van der Waals surface area contributed by atoms with E-state index in [1.165, 1.54) is 7.11 Å². The lowest BCUT2D eigenvalue weighted by Gasteiger charge is -2.24. The number of methoxy groups -OCH3 is 1. The van der Waals surface area contributed by atoms with Crippen LogP contribution in [0.5, 0.6) is 0 Å². The van der Waals surface area contributed by atoms with E-state index in [1.807, 2.05) is 0 Å². The summed E-state index contributed by atoms with van der Waals surface area (Å²) >= 11 is 0. The zero-order valence-electron chi connectivity index (χ0n) is 8.21. The molecule has 0 spiro atoms. The Hall–Kier alpha value is -0.860. The molecule has 0 bridgehead atoms. The first kappa shape index (κ1) is 10.2. The fraction of sp³-hybridized carbons (Fsp3) is 0.800. The van der Waals surface area contributed by atoms with E-state index in [2.05, 4.69) is 11.7 Å². The number of Topliss-reactive ketones (excluding diaryl/α,β-unsaturated/α-hetero) is 1. The molecule has 0 N–H and O–H groups in total. The Morgan fingerprint density at radius 3 is 2.77 bits per heavy atom. The fourth-order valence-corrected chi connectivity index (χ4v) is 2.00. The van der Waals surface area contributed by atoms with E-state index in [4.69, 9.17) is 0 Å². The molecule has 0 aromatic rings. The summed E-state index contributed by atoms with van der Waals surface area (Å²) in [6.45, 7) is 2.06. The largest absolute Gasteiger partial charge is 0.469 e. The van der Waals surface area contributed by atoms with E-state index in [-0.39, 0.29) is 17.7 Å². The number of ketones is 1. The molecule has 1 rings (SSSR count). The zero-order chi connectivity index (χ0) is 9.84. The first-order chi connectivity index (χ1) is 6.11. The van der Waals surface area contributed by atoms with Gasteiger partial charge in [0, 0.05) is 19.3 Å². The van der Waals surface area contributed by atoms with Gasteiger partial charge >= 0.3 is 5.97 Å². The second-order valence-electron chi connectivity index (χ2n) is 3.93. The van der Waals surface area contributed by atoms with Gasteiger partial charge in [0.15, 0.2) is 0 Å². The van der Waals surface area contributed by atoms with Crippen molar-refractivity contribution in [2.24, 2.45) is 11.8 Å². The summed E-state index contributed by atoms with van der Waals surface area (Å²) in [6.07, 6.45) is 2.60. The maximum absolute atomic E-state index is 11.2. The van der Waals surface area contributed by atoms with Crippen molar-refractivity contribution < 1.29 is 14.3 Å². The summed E-state index contributed by atoms with van der Waals surface area (Å²) in [5.41, 5.74) is 0. The van der Waals surface area contributed by atoms with Crippen LogP contribution in [0, 0.1) is 11.8 Å². The summed E-state index contributed by atoms with van der Waals surface area (Å²) in [6, 6.07) is 0. The van der Waals surface area contributed by atoms with E-state index in [9.17, 15) is 9.59 Å². The Bertz CT molecular complexity index is 210. The van der Waals surface area contributed by atoms with Gasteiger partial charge in [0.1, 0.15) is 5.78 Å². The average Bonchev–Trinajstić information content (AvgIpc) is 2.02. The van der Waals surface area contributed by atoms with Gasteiger partial charge in [-0.25, -0.2) is 0 Å². The number of ether oxygens (including phenoxy) is 1. The highest BCUT2D eigenvalue weighted by Crippen LogP contribution is 2.28. The standard InChI is InChI=1S/C10H16O3/c1-7-3-8(5-9(11)4-7)6-10(12)13-2/h7-8H,3-6H2,1-2H3/t7-,8-/m1/s1. The summed E-state index contributed by atoms with van der Waals surface area (Å²) in [5, 5.41) is 0. The van der Waals surface area contributed by atoms with Crippen LogP contribution in [-0.2, 0) is 14.3 Å². The van der Waals surface area contributed by atoms with E-state index in [0.717, 1.165) is 6.42 Å². The van der Waals surface area contributed by atoms with E-state index in [1.54, 1.807) is 0 Å². The predicted octanol–water partition coefficient (Wildman–Crippen LogP) is 1.55. The number of carbonyl (C=O) groups excluding carboxylic acids is 2. The molecular formula is C10H16O3. The lowest BCUT2D eigenvalue weighted by atomic mass is 9.80. The van der Waals surface area contributed by atoms with Gasteiger partial charge in [-0.2, -0.15) is 0 Å². The molecule has 1 aliphatic rings. The van der Waals surface area contributed by atoms with Crippen molar-refractivity contribution in [3.63, 3.8) is 0 Å². The van der Waals surface area contributed by atoms with Gasteiger partial charge < -0.3 is 4.74 Å². The molecule has 1 aliphatic carbocycles. The SMILES string of the molecule is COC(=O)C[C@H]1CC(=O)C[C@H](C)C1. The zero-order valence-corrected chi connectivity index (χ0v) is 8.21. The molecule has 3 nitrogen and oxygen atoms in total. The topological polar surface area (TPSA) is 43.4 Å². The van der Waals surface area contributed by atoms with Crippen LogP contribution in [0.25, 0.3) is 0 Å². The molecule has 0 radical (unpaired) electrons. The molecule has 0 aromatic carbocycles. The van der Waals surface area contributed by atoms with E-state index >= 15 is 0 Å². The van der Waals surface area contributed by atoms with Crippen LogP contribution in [0.4, 0.5) is 0 Å². The van der Waals surface area contributed by atoms with Crippen LogP contribution in [-0.4, -0.2) is 18.9 Å². The van der Waals surface area contributed by atoms with Gasteiger partial charge in [-0.3, -0.25) is 9.59 Å². The van der Waals surface area contributed by atoms with Crippen LogP contribution in [0.15, 0.2) is 0 Å². The lowest BCUT2D eigenvalue weighted by Crippen LogP contribution is -2.23. The van der Waals surface area contributed by atoms with Crippen molar-refractivity contribution >= 4 is 11.8 Å². The van der Waals surface area contributed by atoms with Crippen molar-refractivity contribution in [2.45, 2.75) is 32.6 Å². The molecule has 2 atom stereocenters. The quantitative estimate of drug-likeness (QED) is 0.611. The molecule has 3 heteroatoms. The van der Waals surface area contributed by atoms with Crippen LogP contribution in [0.2, 0.25) is 0 Å². The summed E-state index contributed by atoms with van der Waals surface area (Å²) in [4.78, 5) is 22.2. The molecule has 74 valence electrons. The Morgan fingerprint density at radius 1 is 1.54 bits per heavy atom. The second kappa shape index (κ2) is 4.40. The van der Waals surface area contributed by atoms with Gasteiger partial charge in [0.2, 0.25) is 0 Å². The molecule has 1 saturated carbocycles. The Kier molecular flexibility index (Phi) is 3.46. The normalized spacial score (nSPS) is 28.6. The molecule has 0 aromatic heterocycles. The highest BCUT2D eigenvalue weighted by molar-refractivity contribution is 5.80. The third-order valence-corrected chi connectivity index (χ3v) is 2.51. The minimum absolute atomic E-state index is 0.202. The fourth-order valence-electron chi connectivity index (χ4n) is 2.00. The Labute approximate surface area is 78.5 Å². The number of rotatable bonds is 2. The smallest absolute Gasteiger partial charge is 0.305 e. The number of hydrogen-bond donors (Lipinski definition) is 0. The van der Waals surface area contributed by atoms with Crippen LogP contribution < -0.4 is 0 Å². The van der Waals surface area contributed by atoms with Crippen molar-refractivity contribution in [3.8, 4) is 0 Å². The molecule has 0 heterocycles. The molecular weight excluding hydrogens is 168 g/mol. The van der Waals surface area contributed by atoms with Gasteiger partial charge in [-0.15, -0.1) is 0 Å². The van der Waals surface area contributed by atoms with Gasteiger partial charge in [-0.1, -0.05) is 6.92 Å². The maximum atomic E-state index is 11.2. The van der Waals surface area contributed by atoms with Gasteiger partial charge in [0.05, 0.1) is 7.11 Å². The molecule has 0 amide bonds. The minimum Gasteiger partial charge on any atom is -0.469 e. The van der Waals surface area contributed by atoms with Crippen molar-refractivity contribution in [1.82, 2.24) is 0 Å². The van der Waals surface area contributed by atoms with Gasteiger partial charge in [0.25, 0.3) is 0 Å². The number of carbonyl (C=O) groups is 2. The Morgan fingerprint density at radius 2 is 2.23 bits per heavy atom. The Balaban J connectivity index is 2.41. The highest BCUT2D eigenvalue weighted by Gasteiger charge is 2.26. The predicted molar refractivity (Wildman–Crippen MR) is 48.1 cm³/mol. The third kappa shape index (κ3) is 3.17. The average molecular weight is 184 g/mol. The first-order valence-electron chi connectivity index (χ1n) is 4.70. The van der Waals surface area contributed by atoms with Crippen LogP contribution in [0.3, 0.4) is 0 Å². The molecule has 1 fully saturated rings.